The van der Waals surface area contributed by atoms with Crippen molar-refractivity contribution in [3.05, 3.63) is 17.3 Å². The maximum Gasteiger partial charge on any atom is 0.208 e. The number of aryl methyl sites for hydroxylation is 2. The Hall–Kier alpha value is -1.60. The molecule has 2 N–H and O–H groups in total. The maximum absolute atomic E-state index is 5.72. The van der Waals surface area contributed by atoms with Crippen molar-refractivity contribution in [1.82, 2.24) is 20.5 Å². The van der Waals surface area contributed by atoms with Crippen LogP contribution in [0.15, 0.2) is 9.41 Å². The van der Waals surface area contributed by atoms with Crippen LogP contribution in [0.3, 0.4) is 0 Å². The molecule has 0 unspecified atom stereocenters. The van der Waals surface area contributed by atoms with Crippen molar-refractivity contribution in [2.24, 2.45) is 10.9 Å². The molecule has 1 aromatic rings. The van der Waals surface area contributed by atoms with E-state index in [4.69, 9.17) is 14.1 Å². The van der Waals surface area contributed by atoms with Gasteiger partial charge in [0.2, 0.25) is 5.89 Å². The average Bonchev–Trinajstić information content (AvgIpc) is 3.03. The van der Waals surface area contributed by atoms with Gasteiger partial charge in [0.05, 0.1) is 12.2 Å². The Morgan fingerprint density at radius 2 is 1.93 bits per heavy atom. The Bertz CT molecular complexity index is 575. The Kier molecular flexibility index (Phi) is 11.1. The lowest BCUT2D eigenvalue weighted by Gasteiger charge is -2.30. The third-order valence-corrected chi connectivity index (χ3v) is 5.39. The first kappa shape index (κ1) is 23.7. The van der Waals surface area contributed by atoms with Crippen LogP contribution in [0, 0.1) is 19.8 Å². The Labute approximate surface area is 176 Å². The SMILES string of the molecule is CCCCOCCCNC(=NCC1CCN(Cc2nc(C)c(C)o2)CC1)NCC. The number of aromatic nitrogens is 1. The van der Waals surface area contributed by atoms with Gasteiger partial charge in [-0.25, -0.2) is 4.98 Å². The summed E-state index contributed by atoms with van der Waals surface area (Å²) in [5.74, 6) is 3.34. The van der Waals surface area contributed by atoms with Crippen molar-refractivity contribution in [3.8, 4) is 0 Å². The fraction of sp³-hybridized carbons (Fsp3) is 0.818. The zero-order valence-corrected chi connectivity index (χ0v) is 18.9. The summed E-state index contributed by atoms with van der Waals surface area (Å²) >= 11 is 0. The van der Waals surface area contributed by atoms with E-state index < -0.39 is 0 Å². The van der Waals surface area contributed by atoms with Crippen molar-refractivity contribution in [2.75, 3.05) is 45.9 Å². The minimum absolute atomic E-state index is 0.645. The fourth-order valence-electron chi connectivity index (χ4n) is 3.42. The molecule has 1 fully saturated rings. The first-order chi connectivity index (χ1) is 14.1. The number of nitrogens with zero attached hydrogens (tertiary/aromatic N) is 3. The van der Waals surface area contributed by atoms with Crippen LogP contribution in [0.2, 0.25) is 0 Å². The Morgan fingerprint density at radius 1 is 1.17 bits per heavy atom. The molecule has 0 amide bonds. The van der Waals surface area contributed by atoms with Crippen LogP contribution in [-0.4, -0.2) is 61.8 Å². The van der Waals surface area contributed by atoms with Crippen LogP contribution in [-0.2, 0) is 11.3 Å². The summed E-state index contributed by atoms with van der Waals surface area (Å²) in [6.45, 7) is 15.6. The number of aliphatic imine (C=N–C) groups is 1. The van der Waals surface area contributed by atoms with E-state index in [1.54, 1.807) is 0 Å². The standard InChI is InChI=1S/C22H41N5O2/c1-5-7-14-28-15-8-11-24-22(23-6-2)25-16-20-9-12-27(13-10-20)17-21-26-18(3)19(4)29-21/h20H,5-17H2,1-4H3,(H2,23,24,25). The Balaban J connectivity index is 1.65. The molecule has 1 aliphatic heterocycles. The summed E-state index contributed by atoms with van der Waals surface area (Å²) in [5, 5.41) is 6.78. The van der Waals surface area contributed by atoms with Crippen LogP contribution < -0.4 is 10.6 Å². The number of oxazole rings is 1. The number of guanidine groups is 1. The second-order valence-electron chi connectivity index (χ2n) is 7.93. The summed E-state index contributed by atoms with van der Waals surface area (Å²) < 4.78 is 11.3. The number of hydrogen-bond donors (Lipinski definition) is 2. The van der Waals surface area contributed by atoms with Crippen LogP contribution in [0.25, 0.3) is 0 Å². The summed E-state index contributed by atoms with van der Waals surface area (Å²) in [5.41, 5.74) is 1.00. The maximum atomic E-state index is 5.72. The van der Waals surface area contributed by atoms with Gasteiger partial charge in [-0.1, -0.05) is 13.3 Å². The number of nitrogens with one attached hydrogen (secondary N) is 2. The highest BCUT2D eigenvalue weighted by Crippen LogP contribution is 2.20. The molecule has 29 heavy (non-hydrogen) atoms. The predicted molar refractivity (Wildman–Crippen MR) is 118 cm³/mol. The van der Waals surface area contributed by atoms with Crippen LogP contribution >= 0.6 is 0 Å². The third-order valence-electron chi connectivity index (χ3n) is 5.39. The minimum Gasteiger partial charge on any atom is -0.444 e. The second kappa shape index (κ2) is 13.6. The highest BCUT2D eigenvalue weighted by Gasteiger charge is 2.20. The smallest absolute Gasteiger partial charge is 0.208 e. The van der Waals surface area contributed by atoms with Crippen molar-refractivity contribution >= 4 is 5.96 Å². The van der Waals surface area contributed by atoms with Gasteiger partial charge in [0.25, 0.3) is 0 Å². The molecule has 0 aliphatic carbocycles. The summed E-state index contributed by atoms with van der Waals surface area (Å²) in [6.07, 6.45) is 5.69. The van der Waals surface area contributed by atoms with Gasteiger partial charge in [-0.3, -0.25) is 9.89 Å². The van der Waals surface area contributed by atoms with Crippen molar-refractivity contribution in [3.63, 3.8) is 0 Å². The molecule has 0 radical (unpaired) electrons. The van der Waals surface area contributed by atoms with Gasteiger partial charge < -0.3 is 19.8 Å². The van der Waals surface area contributed by atoms with E-state index in [0.29, 0.717) is 5.92 Å². The average molecular weight is 408 g/mol. The van der Waals surface area contributed by atoms with Crippen molar-refractivity contribution < 1.29 is 9.15 Å². The van der Waals surface area contributed by atoms with Gasteiger partial charge >= 0.3 is 0 Å². The first-order valence-electron chi connectivity index (χ1n) is 11.4. The molecule has 7 heteroatoms. The number of rotatable bonds is 12. The van der Waals surface area contributed by atoms with Crippen LogP contribution in [0.4, 0.5) is 0 Å². The fourth-order valence-corrected chi connectivity index (χ4v) is 3.42. The third kappa shape index (κ3) is 9.17. The number of piperidine rings is 1. The van der Waals surface area contributed by atoms with Gasteiger partial charge in [-0.2, -0.15) is 0 Å². The molecule has 7 nitrogen and oxygen atoms in total. The molecule has 0 spiro atoms. The summed E-state index contributed by atoms with van der Waals surface area (Å²) in [7, 11) is 0. The van der Waals surface area contributed by atoms with Gasteiger partial charge in [0, 0.05) is 32.8 Å². The highest BCUT2D eigenvalue weighted by molar-refractivity contribution is 5.79. The van der Waals surface area contributed by atoms with E-state index in [1.165, 1.54) is 19.3 Å². The number of ether oxygens (including phenoxy) is 1. The first-order valence-corrected chi connectivity index (χ1v) is 11.4. The molecule has 2 rings (SSSR count). The van der Waals surface area contributed by atoms with E-state index in [0.717, 1.165) is 88.6 Å². The normalized spacial score (nSPS) is 16.3. The zero-order valence-electron chi connectivity index (χ0n) is 18.9. The zero-order chi connectivity index (χ0) is 20.9. The number of unbranched alkanes of at least 4 members (excludes halogenated alkanes) is 1. The quantitative estimate of drug-likeness (QED) is 0.315. The van der Waals surface area contributed by atoms with Gasteiger partial charge in [0.1, 0.15) is 5.76 Å². The molecule has 0 saturated carbocycles. The summed E-state index contributed by atoms with van der Waals surface area (Å²) in [6, 6.07) is 0. The topological polar surface area (TPSA) is 74.9 Å². The molecule has 0 aromatic carbocycles. The molecular formula is C22H41N5O2. The summed E-state index contributed by atoms with van der Waals surface area (Å²) in [4.78, 5) is 11.8. The van der Waals surface area contributed by atoms with E-state index in [2.05, 4.69) is 34.4 Å². The lowest BCUT2D eigenvalue weighted by atomic mass is 9.97. The van der Waals surface area contributed by atoms with Crippen LogP contribution in [0.5, 0.6) is 0 Å². The van der Waals surface area contributed by atoms with Crippen molar-refractivity contribution in [2.45, 2.75) is 66.3 Å². The molecule has 1 aromatic heterocycles. The largest absolute Gasteiger partial charge is 0.444 e. The molecule has 2 heterocycles. The highest BCUT2D eigenvalue weighted by atomic mass is 16.5. The Morgan fingerprint density at radius 3 is 2.59 bits per heavy atom. The van der Waals surface area contributed by atoms with E-state index in [-0.39, 0.29) is 0 Å². The number of hydrogen-bond acceptors (Lipinski definition) is 5. The van der Waals surface area contributed by atoms with Crippen molar-refractivity contribution in [1.29, 1.82) is 0 Å². The molecule has 1 saturated heterocycles. The van der Waals surface area contributed by atoms with Gasteiger partial charge in [-0.05, 0) is 65.5 Å². The lowest BCUT2D eigenvalue weighted by Crippen LogP contribution is -2.39. The molecule has 166 valence electrons. The minimum atomic E-state index is 0.645. The number of likely N-dealkylation sites (tertiary alicyclic amines) is 1. The lowest BCUT2D eigenvalue weighted by molar-refractivity contribution is 0.129. The second-order valence-corrected chi connectivity index (χ2v) is 7.93. The monoisotopic (exact) mass is 407 g/mol. The van der Waals surface area contributed by atoms with Gasteiger partial charge in [0.15, 0.2) is 5.96 Å². The molecule has 0 atom stereocenters. The van der Waals surface area contributed by atoms with E-state index >= 15 is 0 Å². The molecule has 1 aliphatic rings. The predicted octanol–water partition coefficient (Wildman–Crippen LogP) is 3.27. The molecule has 0 bridgehead atoms. The van der Waals surface area contributed by atoms with Gasteiger partial charge in [-0.15, -0.1) is 0 Å². The van der Waals surface area contributed by atoms with E-state index in [1.807, 2.05) is 13.8 Å². The van der Waals surface area contributed by atoms with E-state index in [9.17, 15) is 0 Å². The van der Waals surface area contributed by atoms with Crippen LogP contribution in [0.1, 0.15) is 63.3 Å². The molecular weight excluding hydrogens is 366 g/mol.